The molecule has 1 rings (SSSR count). The van der Waals surface area contributed by atoms with Gasteiger partial charge in [0.05, 0.1) is 5.92 Å². The number of piperazine rings is 1. The molecule has 3 atom stereocenters. The van der Waals surface area contributed by atoms with Crippen molar-refractivity contribution in [3.63, 3.8) is 0 Å². The predicted octanol–water partition coefficient (Wildman–Crippen LogP) is -0.374. The van der Waals surface area contributed by atoms with Crippen LogP contribution in [-0.2, 0) is 9.59 Å². The highest BCUT2D eigenvalue weighted by Crippen LogP contribution is 2.07. The molecule has 1 heterocycles. The topological polar surface area (TPSA) is 98.7 Å². The Labute approximate surface area is 106 Å². The summed E-state index contributed by atoms with van der Waals surface area (Å²) in [6, 6.07) is -1.43. The summed E-state index contributed by atoms with van der Waals surface area (Å²) >= 11 is 0. The molecule has 3 N–H and O–H groups in total. The number of aliphatic carboxylic acids is 1. The maximum absolute atomic E-state index is 11.9. The quantitative estimate of drug-likeness (QED) is 0.642. The first-order valence-electron chi connectivity index (χ1n) is 5.92. The lowest BCUT2D eigenvalue weighted by molar-refractivity contribution is -0.141. The lowest BCUT2D eigenvalue weighted by atomic mass is 10.0. The van der Waals surface area contributed by atoms with E-state index >= 15 is 0 Å². The molecule has 0 aromatic heterocycles. The fourth-order valence-corrected chi connectivity index (χ4v) is 1.68. The fourth-order valence-electron chi connectivity index (χ4n) is 1.68. The van der Waals surface area contributed by atoms with E-state index in [1.54, 1.807) is 13.8 Å². The lowest BCUT2D eigenvalue weighted by Crippen LogP contribution is -2.59. The van der Waals surface area contributed by atoms with E-state index in [1.165, 1.54) is 11.8 Å². The number of nitrogens with zero attached hydrogens (tertiary/aromatic N) is 1. The molecule has 3 amide bonds. The standard InChI is InChI=1S/C11H19N3O4/c1-6(10(16)17)7(2)13-11(18)14-5-4-12-9(15)8(14)3/h6-8H,4-5H2,1-3H3,(H,12,15)(H,13,18)(H,16,17). The van der Waals surface area contributed by atoms with Crippen LogP contribution in [-0.4, -0.2) is 53.1 Å². The van der Waals surface area contributed by atoms with Gasteiger partial charge in [-0.3, -0.25) is 9.59 Å². The number of urea groups is 1. The number of hydrogen-bond acceptors (Lipinski definition) is 3. The maximum Gasteiger partial charge on any atom is 0.318 e. The van der Waals surface area contributed by atoms with Crippen molar-refractivity contribution in [2.45, 2.75) is 32.9 Å². The summed E-state index contributed by atoms with van der Waals surface area (Å²) in [5.74, 6) is -1.84. The molecule has 1 aliphatic rings. The zero-order valence-electron chi connectivity index (χ0n) is 10.8. The van der Waals surface area contributed by atoms with Crippen LogP contribution >= 0.6 is 0 Å². The number of carbonyl (C=O) groups is 3. The summed E-state index contributed by atoms with van der Waals surface area (Å²) in [4.78, 5) is 35.5. The minimum atomic E-state index is -0.966. The molecular weight excluding hydrogens is 238 g/mol. The van der Waals surface area contributed by atoms with Gasteiger partial charge >= 0.3 is 12.0 Å². The highest BCUT2D eigenvalue weighted by molar-refractivity contribution is 5.88. The molecule has 3 unspecified atom stereocenters. The van der Waals surface area contributed by atoms with Crippen LogP contribution in [0.5, 0.6) is 0 Å². The highest BCUT2D eigenvalue weighted by Gasteiger charge is 2.31. The second-order valence-corrected chi connectivity index (χ2v) is 4.53. The Bertz CT molecular complexity index is 358. The molecule has 102 valence electrons. The van der Waals surface area contributed by atoms with E-state index in [0.717, 1.165) is 0 Å². The molecule has 1 fully saturated rings. The van der Waals surface area contributed by atoms with E-state index in [4.69, 9.17) is 5.11 Å². The van der Waals surface area contributed by atoms with Crippen molar-refractivity contribution < 1.29 is 19.5 Å². The van der Waals surface area contributed by atoms with Gasteiger partial charge in [0.25, 0.3) is 0 Å². The molecule has 0 spiro atoms. The number of carboxylic acids is 1. The van der Waals surface area contributed by atoms with Gasteiger partial charge in [0.1, 0.15) is 6.04 Å². The van der Waals surface area contributed by atoms with E-state index in [-0.39, 0.29) is 5.91 Å². The van der Waals surface area contributed by atoms with Crippen LogP contribution in [0.1, 0.15) is 20.8 Å². The van der Waals surface area contributed by atoms with Crippen LogP contribution in [0.4, 0.5) is 4.79 Å². The van der Waals surface area contributed by atoms with Crippen molar-refractivity contribution in [1.82, 2.24) is 15.5 Å². The molecule has 0 aliphatic carbocycles. The first kappa shape index (κ1) is 14.3. The van der Waals surface area contributed by atoms with Crippen molar-refractivity contribution in [3.8, 4) is 0 Å². The summed E-state index contributed by atoms with van der Waals surface area (Å²) in [6.45, 7) is 5.64. The van der Waals surface area contributed by atoms with Crippen molar-refractivity contribution >= 4 is 17.9 Å². The predicted molar refractivity (Wildman–Crippen MR) is 64.0 cm³/mol. The van der Waals surface area contributed by atoms with Gasteiger partial charge in [-0.2, -0.15) is 0 Å². The van der Waals surface area contributed by atoms with Gasteiger partial charge in [-0.1, -0.05) is 0 Å². The molecule has 7 nitrogen and oxygen atoms in total. The summed E-state index contributed by atoms with van der Waals surface area (Å²) in [5.41, 5.74) is 0. The van der Waals surface area contributed by atoms with Crippen molar-refractivity contribution in [3.05, 3.63) is 0 Å². The van der Waals surface area contributed by atoms with Gasteiger partial charge in [0.15, 0.2) is 0 Å². The minimum absolute atomic E-state index is 0.199. The number of rotatable bonds is 3. The van der Waals surface area contributed by atoms with Gasteiger partial charge < -0.3 is 20.6 Å². The number of amides is 3. The van der Waals surface area contributed by atoms with E-state index in [1.807, 2.05) is 0 Å². The zero-order chi connectivity index (χ0) is 13.9. The number of carboxylic acid groups (broad SMARTS) is 1. The second-order valence-electron chi connectivity index (χ2n) is 4.53. The largest absolute Gasteiger partial charge is 0.481 e. The zero-order valence-corrected chi connectivity index (χ0v) is 10.8. The molecule has 0 radical (unpaired) electrons. The Morgan fingerprint density at radius 2 is 2.11 bits per heavy atom. The first-order valence-corrected chi connectivity index (χ1v) is 5.92. The second kappa shape index (κ2) is 5.70. The Kier molecular flexibility index (Phi) is 4.52. The Balaban J connectivity index is 2.59. The third-order valence-corrected chi connectivity index (χ3v) is 3.25. The Hall–Kier alpha value is -1.79. The summed E-state index contributed by atoms with van der Waals surface area (Å²) in [7, 11) is 0. The van der Waals surface area contributed by atoms with E-state index < -0.39 is 30.0 Å². The fraction of sp³-hybridized carbons (Fsp3) is 0.727. The molecule has 1 aliphatic heterocycles. The number of nitrogens with one attached hydrogen (secondary N) is 2. The summed E-state index contributed by atoms with van der Waals surface area (Å²) in [6.07, 6.45) is 0. The van der Waals surface area contributed by atoms with Gasteiger partial charge in [-0.25, -0.2) is 4.79 Å². The van der Waals surface area contributed by atoms with Crippen molar-refractivity contribution in [2.24, 2.45) is 5.92 Å². The molecule has 7 heteroatoms. The van der Waals surface area contributed by atoms with E-state index in [9.17, 15) is 14.4 Å². The van der Waals surface area contributed by atoms with Crippen LogP contribution in [0, 0.1) is 5.92 Å². The first-order chi connectivity index (χ1) is 8.34. The Morgan fingerprint density at radius 1 is 1.50 bits per heavy atom. The number of hydrogen-bond donors (Lipinski definition) is 3. The molecule has 18 heavy (non-hydrogen) atoms. The van der Waals surface area contributed by atoms with Crippen LogP contribution in [0.15, 0.2) is 0 Å². The average molecular weight is 257 g/mol. The third kappa shape index (κ3) is 3.12. The van der Waals surface area contributed by atoms with E-state index in [0.29, 0.717) is 13.1 Å². The van der Waals surface area contributed by atoms with Crippen molar-refractivity contribution in [2.75, 3.05) is 13.1 Å². The summed E-state index contributed by atoms with van der Waals surface area (Å²) < 4.78 is 0. The molecular formula is C11H19N3O4. The molecule has 0 aromatic carbocycles. The third-order valence-electron chi connectivity index (χ3n) is 3.25. The normalized spacial score (nSPS) is 22.9. The molecule has 0 saturated carbocycles. The minimum Gasteiger partial charge on any atom is -0.481 e. The molecule has 0 bridgehead atoms. The van der Waals surface area contributed by atoms with E-state index in [2.05, 4.69) is 10.6 Å². The van der Waals surface area contributed by atoms with Crippen LogP contribution in [0.3, 0.4) is 0 Å². The lowest BCUT2D eigenvalue weighted by Gasteiger charge is -2.34. The highest BCUT2D eigenvalue weighted by atomic mass is 16.4. The molecule has 0 aromatic rings. The Morgan fingerprint density at radius 3 is 2.67 bits per heavy atom. The van der Waals surface area contributed by atoms with Crippen LogP contribution in [0.2, 0.25) is 0 Å². The monoisotopic (exact) mass is 257 g/mol. The SMILES string of the molecule is CC(NC(=O)N1CCNC(=O)C1C)C(C)C(=O)O. The molecule has 1 saturated heterocycles. The maximum atomic E-state index is 11.9. The van der Waals surface area contributed by atoms with Crippen molar-refractivity contribution in [1.29, 1.82) is 0 Å². The van der Waals surface area contributed by atoms with Gasteiger partial charge in [-0.15, -0.1) is 0 Å². The van der Waals surface area contributed by atoms with Crippen LogP contribution < -0.4 is 10.6 Å². The average Bonchev–Trinajstić information content (AvgIpc) is 2.31. The van der Waals surface area contributed by atoms with Crippen LogP contribution in [0.25, 0.3) is 0 Å². The number of carbonyl (C=O) groups excluding carboxylic acids is 2. The van der Waals surface area contributed by atoms with Gasteiger partial charge in [0, 0.05) is 19.1 Å². The summed E-state index contributed by atoms with van der Waals surface area (Å²) in [5, 5.41) is 14.1. The smallest absolute Gasteiger partial charge is 0.318 e. The van der Waals surface area contributed by atoms with Gasteiger partial charge in [-0.05, 0) is 20.8 Å². The van der Waals surface area contributed by atoms with Gasteiger partial charge in [0.2, 0.25) is 5.91 Å².